The van der Waals surface area contributed by atoms with Crippen LogP contribution in [0.4, 0.5) is 0 Å². The Hall–Kier alpha value is -2.00. The summed E-state index contributed by atoms with van der Waals surface area (Å²) in [4.78, 5) is 0.0668. The molecule has 1 aromatic rings. The quantitative estimate of drug-likeness (QED) is 0.784. The minimum absolute atomic E-state index is 0.0668. The van der Waals surface area contributed by atoms with Gasteiger partial charge in [-0.3, -0.25) is 5.41 Å². The summed E-state index contributed by atoms with van der Waals surface area (Å²) in [6, 6.07) is 4.63. The molecule has 0 radical (unpaired) electrons. The number of hydrogen-bond acceptors (Lipinski definition) is 4. The second-order valence-electron chi connectivity index (χ2n) is 3.40. The molecule has 0 bridgehead atoms. The molecule has 0 saturated carbocycles. The van der Waals surface area contributed by atoms with E-state index in [0.29, 0.717) is 5.75 Å². The number of benzene rings is 1. The van der Waals surface area contributed by atoms with Crippen molar-refractivity contribution in [2.45, 2.75) is 4.90 Å². The Morgan fingerprint density at radius 1 is 1.53 bits per heavy atom. The van der Waals surface area contributed by atoms with Crippen molar-refractivity contribution < 1.29 is 13.2 Å². The summed E-state index contributed by atoms with van der Waals surface area (Å²) < 4.78 is 30.1. The third-order valence-corrected chi connectivity index (χ3v) is 4.29. The SMILES string of the molecule is C#CCN1C(=N)c2c(OC)cccc2S1(=O)=O. The van der Waals surface area contributed by atoms with Crippen LogP contribution in [0.2, 0.25) is 0 Å². The molecule has 88 valence electrons. The van der Waals surface area contributed by atoms with Gasteiger partial charge in [0.2, 0.25) is 0 Å². The molecule has 0 atom stereocenters. The van der Waals surface area contributed by atoms with Gasteiger partial charge in [-0.15, -0.1) is 6.42 Å². The molecule has 0 spiro atoms. The number of sulfonamides is 1. The third-order valence-electron chi connectivity index (χ3n) is 2.50. The molecule has 17 heavy (non-hydrogen) atoms. The van der Waals surface area contributed by atoms with Gasteiger partial charge in [0.15, 0.2) is 0 Å². The van der Waals surface area contributed by atoms with Crippen molar-refractivity contribution in [3.05, 3.63) is 23.8 Å². The highest BCUT2D eigenvalue weighted by Crippen LogP contribution is 2.35. The number of nitrogens with zero attached hydrogens (tertiary/aromatic N) is 1. The number of ether oxygens (including phenoxy) is 1. The lowest BCUT2D eigenvalue weighted by Gasteiger charge is -2.12. The van der Waals surface area contributed by atoms with Crippen LogP contribution in [0.15, 0.2) is 23.1 Å². The predicted octanol–water partition coefficient (Wildman–Crippen LogP) is 0.658. The first-order valence-electron chi connectivity index (χ1n) is 4.76. The summed E-state index contributed by atoms with van der Waals surface area (Å²) in [7, 11) is -2.27. The summed E-state index contributed by atoms with van der Waals surface area (Å²) in [5.41, 5.74) is 0.269. The molecule has 2 rings (SSSR count). The van der Waals surface area contributed by atoms with E-state index in [9.17, 15) is 8.42 Å². The Kier molecular flexibility index (Phi) is 2.56. The zero-order chi connectivity index (χ0) is 12.6. The van der Waals surface area contributed by atoms with Crippen LogP contribution in [0.3, 0.4) is 0 Å². The standard InChI is InChI=1S/C11H10N2O3S/c1-3-7-13-11(12)10-8(16-2)5-4-6-9(10)17(13,14)15/h1,4-6,12H,7H2,2H3. The number of rotatable bonds is 2. The monoisotopic (exact) mass is 250 g/mol. The molecule has 0 amide bonds. The van der Waals surface area contributed by atoms with Crippen molar-refractivity contribution >= 4 is 15.9 Å². The number of terminal acetylenes is 1. The Balaban J connectivity index is 2.71. The van der Waals surface area contributed by atoms with Crippen LogP contribution in [-0.2, 0) is 10.0 Å². The molecule has 0 aliphatic carbocycles. The Labute approximate surface area is 99.6 Å². The molecule has 1 aliphatic heterocycles. The first-order valence-corrected chi connectivity index (χ1v) is 6.20. The van der Waals surface area contributed by atoms with E-state index in [2.05, 4.69) is 5.92 Å². The van der Waals surface area contributed by atoms with E-state index in [1.807, 2.05) is 0 Å². The van der Waals surface area contributed by atoms with E-state index in [0.717, 1.165) is 4.31 Å². The molecule has 1 aliphatic rings. The normalized spacial score (nSPS) is 16.5. The van der Waals surface area contributed by atoms with Gasteiger partial charge in [-0.1, -0.05) is 12.0 Å². The first kappa shape index (κ1) is 11.5. The molecule has 1 aromatic carbocycles. The predicted molar refractivity (Wildman–Crippen MR) is 62.5 cm³/mol. The van der Waals surface area contributed by atoms with E-state index in [4.69, 9.17) is 16.6 Å². The smallest absolute Gasteiger partial charge is 0.267 e. The van der Waals surface area contributed by atoms with Crippen LogP contribution in [0, 0.1) is 17.8 Å². The molecule has 1 heterocycles. The van der Waals surface area contributed by atoms with E-state index >= 15 is 0 Å². The van der Waals surface area contributed by atoms with E-state index in [1.165, 1.54) is 13.2 Å². The minimum Gasteiger partial charge on any atom is -0.496 e. The van der Waals surface area contributed by atoms with Gasteiger partial charge in [0, 0.05) is 0 Å². The number of methoxy groups -OCH3 is 1. The number of nitrogens with one attached hydrogen (secondary N) is 1. The van der Waals surface area contributed by atoms with Gasteiger partial charge in [-0.05, 0) is 12.1 Å². The molecule has 6 heteroatoms. The molecule has 0 fully saturated rings. The number of fused-ring (bicyclic) bond motifs is 1. The van der Waals surface area contributed by atoms with Crippen LogP contribution < -0.4 is 4.74 Å². The average molecular weight is 250 g/mol. The highest BCUT2D eigenvalue weighted by atomic mass is 32.2. The summed E-state index contributed by atoms with van der Waals surface area (Å²) in [5, 5.41) is 7.86. The molecular weight excluding hydrogens is 240 g/mol. The lowest BCUT2D eigenvalue weighted by molar-refractivity contribution is 0.412. The molecule has 1 N–H and O–H groups in total. The van der Waals surface area contributed by atoms with E-state index in [-0.39, 0.29) is 22.8 Å². The first-order chi connectivity index (χ1) is 8.04. The van der Waals surface area contributed by atoms with Crippen LogP contribution in [0.1, 0.15) is 5.56 Å². The van der Waals surface area contributed by atoms with Crippen LogP contribution in [-0.4, -0.2) is 32.2 Å². The van der Waals surface area contributed by atoms with E-state index < -0.39 is 10.0 Å². The number of amidine groups is 1. The van der Waals surface area contributed by atoms with Crippen LogP contribution in [0.25, 0.3) is 0 Å². The maximum atomic E-state index is 12.1. The fourth-order valence-corrected chi connectivity index (χ4v) is 3.26. The third kappa shape index (κ3) is 1.47. The van der Waals surface area contributed by atoms with Crippen molar-refractivity contribution in [1.82, 2.24) is 4.31 Å². The lowest BCUT2D eigenvalue weighted by atomic mass is 10.2. The molecule has 0 unspecified atom stereocenters. The zero-order valence-electron chi connectivity index (χ0n) is 9.10. The number of hydrogen-bond donors (Lipinski definition) is 1. The van der Waals surface area contributed by atoms with Crippen molar-refractivity contribution in [1.29, 1.82) is 5.41 Å². The highest BCUT2D eigenvalue weighted by molar-refractivity contribution is 7.90. The Bertz CT molecular complexity index is 629. The maximum absolute atomic E-state index is 12.1. The van der Waals surface area contributed by atoms with Gasteiger partial charge in [0.1, 0.15) is 16.5 Å². The summed E-state index contributed by atoms with van der Waals surface area (Å²) >= 11 is 0. The van der Waals surface area contributed by atoms with E-state index in [1.54, 1.807) is 12.1 Å². The summed E-state index contributed by atoms with van der Waals surface area (Å²) in [6.45, 7) is -0.154. The molecule has 0 saturated heterocycles. The second kappa shape index (κ2) is 3.79. The minimum atomic E-state index is -3.70. The molecule has 5 nitrogen and oxygen atoms in total. The molecule has 0 aromatic heterocycles. The highest BCUT2D eigenvalue weighted by Gasteiger charge is 2.40. The van der Waals surface area contributed by atoms with Gasteiger partial charge >= 0.3 is 0 Å². The largest absolute Gasteiger partial charge is 0.496 e. The van der Waals surface area contributed by atoms with Gasteiger partial charge in [0.25, 0.3) is 10.0 Å². The second-order valence-corrected chi connectivity index (χ2v) is 5.23. The fourth-order valence-electron chi connectivity index (χ4n) is 1.74. The fraction of sp³-hybridized carbons (Fsp3) is 0.182. The van der Waals surface area contributed by atoms with Gasteiger partial charge in [0.05, 0.1) is 19.2 Å². The topological polar surface area (TPSA) is 70.5 Å². The van der Waals surface area contributed by atoms with Crippen LogP contribution >= 0.6 is 0 Å². The van der Waals surface area contributed by atoms with Crippen molar-refractivity contribution in [3.8, 4) is 18.1 Å². The van der Waals surface area contributed by atoms with Crippen molar-refractivity contribution in [2.24, 2.45) is 0 Å². The van der Waals surface area contributed by atoms with Crippen molar-refractivity contribution in [3.63, 3.8) is 0 Å². The van der Waals surface area contributed by atoms with Gasteiger partial charge in [-0.25, -0.2) is 12.7 Å². The van der Waals surface area contributed by atoms with Crippen LogP contribution in [0.5, 0.6) is 5.75 Å². The van der Waals surface area contributed by atoms with Crippen molar-refractivity contribution in [2.75, 3.05) is 13.7 Å². The Morgan fingerprint density at radius 3 is 2.82 bits per heavy atom. The lowest BCUT2D eigenvalue weighted by Crippen LogP contribution is -2.30. The Morgan fingerprint density at radius 2 is 2.24 bits per heavy atom. The van der Waals surface area contributed by atoms with Gasteiger partial charge < -0.3 is 4.74 Å². The summed E-state index contributed by atoms with van der Waals surface area (Å²) in [5.74, 6) is 2.45. The van der Waals surface area contributed by atoms with Gasteiger partial charge in [-0.2, -0.15) is 0 Å². The average Bonchev–Trinajstić information content (AvgIpc) is 2.51. The zero-order valence-corrected chi connectivity index (χ0v) is 9.91. The summed E-state index contributed by atoms with van der Waals surface area (Å²) in [6.07, 6.45) is 5.11. The maximum Gasteiger partial charge on any atom is 0.267 e. The molecular formula is C11H10N2O3S.